The fourth-order valence-electron chi connectivity index (χ4n) is 0.946. The van der Waals surface area contributed by atoms with Gasteiger partial charge in [0.25, 0.3) is 0 Å². The van der Waals surface area contributed by atoms with Gasteiger partial charge in [-0.3, -0.25) is 0 Å². The van der Waals surface area contributed by atoms with Crippen molar-refractivity contribution in [2.24, 2.45) is 0 Å². The lowest BCUT2D eigenvalue weighted by Crippen LogP contribution is -1.97. The highest BCUT2D eigenvalue weighted by Crippen LogP contribution is 2.08. The summed E-state index contributed by atoms with van der Waals surface area (Å²) >= 11 is 0. The van der Waals surface area contributed by atoms with Gasteiger partial charge in [0.15, 0.2) is 0 Å². The van der Waals surface area contributed by atoms with Crippen LogP contribution in [0.1, 0.15) is 18.9 Å². The molecule has 1 aromatic carbocycles. The van der Waals surface area contributed by atoms with Crippen LogP contribution >= 0.6 is 0 Å². The highest BCUT2D eigenvalue weighted by molar-refractivity contribution is 7.85. The fourth-order valence-corrected chi connectivity index (χ4v) is 1.42. The highest BCUT2D eigenvalue weighted by atomic mass is 32.2. The zero-order chi connectivity index (χ0) is 13.5. The van der Waals surface area contributed by atoms with Crippen molar-refractivity contribution in [3.63, 3.8) is 0 Å². The summed E-state index contributed by atoms with van der Waals surface area (Å²) in [5.41, 5.74) is 0.928. The molecule has 0 amide bonds. The average molecular weight is 257 g/mol. The zero-order valence-electron chi connectivity index (χ0n) is 9.96. The normalized spacial score (nSPS) is 12.2. The molecule has 1 unspecified atom stereocenters. The quantitative estimate of drug-likeness (QED) is 0.662. The van der Waals surface area contributed by atoms with Gasteiger partial charge in [-0.1, -0.05) is 23.8 Å². The average Bonchev–Trinajstić information content (AvgIpc) is 2.17. The van der Waals surface area contributed by atoms with E-state index < -0.39 is 10.1 Å². The van der Waals surface area contributed by atoms with Gasteiger partial charge in [0, 0.05) is 0 Å². The van der Waals surface area contributed by atoms with Crippen molar-refractivity contribution in [2.45, 2.75) is 31.3 Å². The monoisotopic (exact) mass is 257 g/mol. The van der Waals surface area contributed by atoms with E-state index in [1.54, 1.807) is 25.1 Å². The van der Waals surface area contributed by atoms with Crippen LogP contribution in [0.15, 0.2) is 41.8 Å². The van der Waals surface area contributed by atoms with Gasteiger partial charge >= 0.3 is 0 Å². The van der Waals surface area contributed by atoms with Crippen LogP contribution in [0.25, 0.3) is 0 Å². The van der Waals surface area contributed by atoms with Crippen LogP contribution < -0.4 is 0 Å². The molecular weight excluding hydrogens is 240 g/mol. The Hall–Kier alpha value is -1.17. The molecular formula is C12H17O4S-. The van der Waals surface area contributed by atoms with E-state index in [9.17, 15) is 13.0 Å². The first-order valence-corrected chi connectivity index (χ1v) is 6.49. The molecule has 0 heterocycles. The summed E-state index contributed by atoms with van der Waals surface area (Å²) in [4.78, 5) is -0.178. The number of aliphatic hydroxyl groups is 1. The van der Waals surface area contributed by atoms with E-state index in [0.717, 1.165) is 5.56 Å². The molecule has 0 bridgehead atoms. The van der Waals surface area contributed by atoms with E-state index in [2.05, 4.69) is 6.58 Å². The predicted octanol–water partition coefficient (Wildman–Crippen LogP) is 1.84. The van der Waals surface area contributed by atoms with Crippen molar-refractivity contribution in [2.75, 3.05) is 0 Å². The predicted molar refractivity (Wildman–Crippen MR) is 65.6 cm³/mol. The molecule has 1 aromatic rings. The smallest absolute Gasteiger partial charge is 0.124 e. The topological polar surface area (TPSA) is 77.4 Å². The highest BCUT2D eigenvalue weighted by Gasteiger charge is 1.97. The molecule has 1 N–H and O–H groups in total. The summed E-state index contributed by atoms with van der Waals surface area (Å²) in [7, 11) is -4.27. The van der Waals surface area contributed by atoms with Crippen molar-refractivity contribution >= 4 is 10.1 Å². The first-order valence-electron chi connectivity index (χ1n) is 5.09. The van der Waals surface area contributed by atoms with Crippen LogP contribution in [0.2, 0.25) is 0 Å². The van der Waals surface area contributed by atoms with Crippen molar-refractivity contribution in [1.82, 2.24) is 0 Å². The van der Waals surface area contributed by atoms with Crippen LogP contribution in [0.3, 0.4) is 0 Å². The molecule has 4 nitrogen and oxygen atoms in total. The minimum Gasteiger partial charge on any atom is -0.744 e. The number of rotatable bonds is 3. The van der Waals surface area contributed by atoms with Gasteiger partial charge in [-0.25, -0.2) is 8.42 Å². The lowest BCUT2D eigenvalue weighted by molar-refractivity contribution is 0.198. The second-order valence-electron chi connectivity index (χ2n) is 3.64. The molecule has 0 fully saturated rings. The third-order valence-electron chi connectivity index (χ3n) is 1.82. The number of aryl methyl sites for hydroxylation is 1. The van der Waals surface area contributed by atoms with Gasteiger partial charge < -0.3 is 9.66 Å². The second kappa shape index (κ2) is 7.21. The Labute approximate surface area is 102 Å². The van der Waals surface area contributed by atoms with E-state index in [1.807, 2.05) is 6.92 Å². The largest absolute Gasteiger partial charge is 0.744 e. The molecule has 1 atom stereocenters. The van der Waals surface area contributed by atoms with E-state index in [4.69, 9.17) is 5.11 Å². The number of aliphatic hydroxyl groups excluding tert-OH is 1. The van der Waals surface area contributed by atoms with Crippen molar-refractivity contribution in [3.8, 4) is 0 Å². The molecule has 0 radical (unpaired) electrons. The molecule has 0 saturated carbocycles. The first-order chi connectivity index (χ1) is 7.77. The second-order valence-corrected chi connectivity index (χ2v) is 5.02. The zero-order valence-corrected chi connectivity index (χ0v) is 10.8. The number of benzene rings is 1. The maximum absolute atomic E-state index is 10.4. The Balaban J connectivity index is 0.000000366. The standard InChI is InChI=1S/C7H8O3S.C5H10O/c1-6-2-4-7(5-3-6)11(8,9)10;1-3-4-5(2)6/h2-5H,1H3,(H,8,9,10);3,5-6H,1,4H2,2H3/p-1. The van der Waals surface area contributed by atoms with E-state index in [0.29, 0.717) is 6.42 Å². The molecule has 0 aromatic heterocycles. The summed E-state index contributed by atoms with van der Waals surface area (Å²) in [6.07, 6.45) is 2.17. The van der Waals surface area contributed by atoms with E-state index >= 15 is 0 Å². The number of hydrogen-bond donors (Lipinski definition) is 1. The molecule has 5 heteroatoms. The summed E-state index contributed by atoms with van der Waals surface area (Å²) in [6, 6.07) is 5.78. The third kappa shape index (κ3) is 7.68. The Morgan fingerprint density at radius 1 is 1.41 bits per heavy atom. The summed E-state index contributed by atoms with van der Waals surface area (Å²) in [6.45, 7) is 7.00. The van der Waals surface area contributed by atoms with Crippen LogP contribution in [0.4, 0.5) is 0 Å². The summed E-state index contributed by atoms with van der Waals surface area (Å²) in [5, 5.41) is 8.48. The molecule has 1 rings (SSSR count). The van der Waals surface area contributed by atoms with Gasteiger partial charge in [0.1, 0.15) is 10.1 Å². The molecule has 96 valence electrons. The lowest BCUT2D eigenvalue weighted by atomic mass is 10.2. The molecule has 17 heavy (non-hydrogen) atoms. The van der Waals surface area contributed by atoms with Crippen LogP contribution in [-0.2, 0) is 10.1 Å². The minimum atomic E-state index is -4.27. The SMILES string of the molecule is C=CCC(C)O.Cc1ccc(S(=O)(=O)[O-])cc1. The minimum absolute atomic E-state index is 0.178. The van der Waals surface area contributed by atoms with Gasteiger partial charge in [0.2, 0.25) is 0 Å². The van der Waals surface area contributed by atoms with Gasteiger partial charge in [0.05, 0.1) is 11.0 Å². The summed E-state index contributed by atoms with van der Waals surface area (Å²) < 4.78 is 31.2. The van der Waals surface area contributed by atoms with Gasteiger partial charge in [-0.15, -0.1) is 6.58 Å². The Bertz CT molecular complexity index is 432. The molecule has 0 aliphatic rings. The van der Waals surface area contributed by atoms with E-state index in [1.165, 1.54) is 12.1 Å². The molecule has 0 saturated heterocycles. The maximum Gasteiger partial charge on any atom is 0.124 e. The van der Waals surface area contributed by atoms with E-state index in [-0.39, 0.29) is 11.0 Å². The maximum atomic E-state index is 10.4. The lowest BCUT2D eigenvalue weighted by Gasteiger charge is -2.05. The Morgan fingerprint density at radius 3 is 2.12 bits per heavy atom. The first kappa shape index (κ1) is 15.8. The number of hydrogen-bond acceptors (Lipinski definition) is 4. The fraction of sp³-hybridized carbons (Fsp3) is 0.333. The Morgan fingerprint density at radius 2 is 1.88 bits per heavy atom. The molecule has 0 spiro atoms. The Kier molecular flexibility index (Phi) is 6.72. The van der Waals surface area contributed by atoms with Gasteiger partial charge in [-0.05, 0) is 32.4 Å². The third-order valence-corrected chi connectivity index (χ3v) is 2.67. The van der Waals surface area contributed by atoms with Crippen LogP contribution in [0.5, 0.6) is 0 Å². The van der Waals surface area contributed by atoms with Crippen LogP contribution in [0, 0.1) is 6.92 Å². The van der Waals surface area contributed by atoms with Gasteiger partial charge in [-0.2, -0.15) is 0 Å². The molecule has 0 aliphatic carbocycles. The molecule has 0 aliphatic heterocycles. The van der Waals surface area contributed by atoms with Crippen LogP contribution in [-0.4, -0.2) is 24.2 Å². The summed E-state index contributed by atoms with van der Waals surface area (Å²) in [5.74, 6) is 0. The van der Waals surface area contributed by atoms with Crippen molar-refractivity contribution in [1.29, 1.82) is 0 Å². The van der Waals surface area contributed by atoms with Crippen molar-refractivity contribution < 1.29 is 18.1 Å². The van der Waals surface area contributed by atoms with Crippen molar-refractivity contribution in [3.05, 3.63) is 42.5 Å².